The normalized spacial score (nSPS) is 19.4. The molecule has 3 nitrogen and oxygen atoms in total. The number of hydrogen-bond donors (Lipinski definition) is 1. The molecular formula is C15H14ClNO2S. The van der Waals surface area contributed by atoms with Crippen LogP contribution in [-0.4, -0.2) is 12.5 Å². The Bertz CT molecular complexity index is 640. The fourth-order valence-electron chi connectivity index (χ4n) is 2.82. The van der Waals surface area contributed by atoms with Gasteiger partial charge in [-0.2, -0.15) is 0 Å². The minimum Gasteiger partial charge on any atom is -0.544 e. The van der Waals surface area contributed by atoms with Crippen molar-refractivity contribution in [2.45, 2.75) is 19.0 Å². The summed E-state index contributed by atoms with van der Waals surface area (Å²) in [5.74, 6) is -1.06. The lowest BCUT2D eigenvalue weighted by molar-refractivity contribution is -0.940. The highest BCUT2D eigenvalue weighted by atomic mass is 35.5. The fourth-order valence-corrected chi connectivity index (χ4v) is 3.97. The maximum absolute atomic E-state index is 11.6. The summed E-state index contributed by atoms with van der Waals surface area (Å²) in [6.45, 7) is 1.50. The number of carboxylic acid groups (broad SMARTS) is 1. The van der Waals surface area contributed by atoms with Gasteiger partial charge < -0.3 is 14.8 Å². The number of carbonyl (C=O) groups is 1. The summed E-state index contributed by atoms with van der Waals surface area (Å²) in [6.07, 6.45) is 0.913. The molecule has 0 saturated carbocycles. The molecule has 0 fully saturated rings. The van der Waals surface area contributed by atoms with Gasteiger partial charge in [-0.15, -0.1) is 11.3 Å². The van der Waals surface area contributed by atoms with Crippen molar-refractivity contribution in [1.82, 2.24) is 0 Å². The van der Waals surface area contributed by atoms with E-state index < -0.39 is 12.0 Å². The molecular weight excluding hydrogens is 294 g/mol. The molecule has 0 aliphatic carbocycles. The second-order valence-corrected chi connectivity index (χ2v) is 6.39. The molecule has 2 atom stereocenters. The summed E-state index contributed by atoms with van der Waals surface area (Å²) in [7, 11) is 0. The van der Waals surface area contributed by atoms with E-state index in [9.17, 15) is 9.90 Å². The van der Waals surface area contributed by atoms with Crippen molar-refractivity contribution >= 4 is 28.9 Å². The van der Waals surface area contributed by atoms with Gasteiger partial charge in [0, 0.05) is 22.4 Å². The first-order chi connectivity index (χ1) is 9.66. The second kappa shape index (κ2) is 5.56. The first-order valence-corrected chi connectivity index (χ1v) is 7.77. The number of halogens is 1. The minimum atomic E-state index is -1.06. The summed E-state index contributed by atoms with van der Waals surface area (Å²) in [6, 6.07) is 8.50. The highest BCUT2D eigenvalue weighted by molar-refractivity contribution is 7.10. The molecule has 1 aliphatic heterocycles. The van der Waals surface area contributed by atoms with Crippen LogP contribution in [0, 0.1) is 0 Å². The fraction of sp³-hybridized carbons (Fsp3) is 0.267. The smallest absolute Gasteiger partial charge is 0.155 e. The predicted molar refractivity (Wildman–Crippen MR) is 76.8 cm³/mol. The van der Waals surface area contributed by atoms with E-state index in [0.29, 0.717) is 17.1 Å². The van der Waals surface area contributed by atoms with Gasteiger partial charge in [-0.3, -0.25) is 0 Å². The molecule has 0 spiro atoms. The molecule has 3 rings (SSSR count). The topological polar surface area (TPSA) is 44.6 Å². The zero-order valence-corrected chi connectivity index (χ0v) is 12.3. The zero-order valence-electron chi connectivity index (χ0n) is 10.8. The monoisotopic (exact) mass is 307 g/mol. The van der Waals surface area contributed by atoms with E-state index in [1.807, 2.05) is 6.07 Å². The third-order valence-electron chi connectivity index (χ3n) is 3.79. The van der Waals surface area contributed by atoms with Gasteiger partial charge in [0.25, 0.3) is 0 Å². The predicted octanol–water partition coefficient (Wildman–Crippen LogP) is 0.834. The van der Waals surface area contributed by atoms with E-state index in [4.69, 9.17) is 11.6 Å². The van der Waals surface area contributed by atoms with Crippen molar-refractivity contribution in [1.29, 1.82) is 0 Å². The second-order valence-electron chi connectivity index (χ2n) is 4.98. The average molecular weight is 308 g/mol. The highest BCUT2D eigenvalue weighted by Crippen LogP contribution is 2.23. The van der Waals surface area contributed by atoms with Crippen LogP contribution in [-0.2, 0) is 17.8 Å². The number of quaternary nitrogens is 1. The van der Waals surface area contributed by atoms with Crippen LogP contribution in [0.1, 0.15) is 22.0 Å². The number of benzene rings is 1. The molecule has 1 aliphatic rings. The Labute approximate surface area is 126 Å². The maximum Gasteiger partial charge on any atom is 0.155 e. The summed E-state index contributed by atoms with van der Waals surface area (Å²) in [5.41, 5.74) is 1.89. The Hall–Kier alpha value is -1.36. The number of thiophene rings is 1. The average Bonchev–Trinajstić information content (AvgIpc) is 2.88. The third-order valence-corrected chi connectivity index (χ3v) is 5.16. The van der Waals surface area contributed by atoms with Crippen molar-refractivity contribution < 1.29 is 14.8 Å². The van der Waals surface area contributed by atoms with Crippen molar-refractivity contribution in [3.63, 3.8) is 0 Å². The minimum absolute atomic E-state index is 0.491. The quantitative estimate of drug-likeness (QED) is 0.913. The highest BCUT2D eigenvalue weighted by Gasteiger charge is 2.31. The molecule has 5 heteroatoms. The zero-order chi connectivity index (χ0) is 14.1. The lowest BCUT2D eigenvalue weighted by Crippen LogP contribution is -3.13. The van der Waals surface area contributed by atoms with Crippen LogP contribution in [0.4, 0.5) is 0 Å². The van der Waals surface area contributed by atoms with Crippen LogP contribution >= 0.6 is 22.9 Å². The van der Waals surface area contributed by atoms with Gasteiger partial charge in [-0.1, -0.05) is 29.8 Å². The van der Waals surface area contributed by atoms with Crippen LogP contribution in [0.5, 0.6) is 0 Å². The number of nitrogens with one attached hydrogen (secondary N) is 1. The largest absolute Gasteiger partial charge is 0.544 e. The van der Waals surface area contributed by atoms with E-state index in [2.05, 4.69) is 11.4 Å². The Morgan fingerprint density at radius 3 is 2.90 bits per heavy atom. The van der Waals surface area contributed by atoms with Crippen LogP contribution in [0.3, 0.4) is 0 Å². The summed E-state index contributed by atoms with van der Waals surface area (Å²) in [5, 5.41) is 14.2. The molecule has 20 heavy (non-hydrogen) atoms. The molecule has 0 bridgehead atoms. The number of carboxylic acids is 1. The lowest BCUT2D eigenvalue weighted by Gasteiger charge is -2.32. The van der Waals surface area contributed by atoms with Crippen LogP contribution in [0.25, 0.3) is 0 Å². The molecule has 2 heterocycles. The summed E-state index contributed by atoms with van der Waals surface area (Å²) in [4.78, 5) is 14.0. The molecule has 0 amide bonds. The van der Waals surface area contributed by atoms with Crippen molar-refractivity contribution in [3.05, 3.63) is 56.7 Å². The number of aliphatic carboxylic acids is 1. The molecule has 0 saturated heterocycles. The summed E-state index contributed by atoms with van der Waals surface area (Å²) >= 11 is 7.90. The van der Waals surface area contributed by atoms with E-state index in [1.165, 1.54) is 10.4 Å². The van der Waals surface area contributed by atoms with E-state index in [-0.39, 0.29) is 0 Å². The van der Waals surface area contributed by atoms with Gasteiger partial charge >= 0.3 is 0 Å². The molecule has 1 aromatic heterocycles. The van der Waals surface area contributed by atoms with Crippen molar-refractivity contribution in [2.75, 3.05) is 6.54 Å². The van der Waals surface area contributed by atoms with Crippen molar-refractivity contribution in [2.24, 2.45) is 0 Å². The van der Waals surface area contributed by atoms with Gasteiger partial charge in [0.15, 0.2) is 6.04 Å². The molecule has 104 valence electrons. The molecule has 0 radical (unpaired) electrons. The molecule has 1 N–H and O–H groups in total. The van der Waals surface area contributed by atoms with Crippen LogP contribution in [0.2, 0.25) is 5.02 Å². The van der Waals surface area contributed by atoms with Crippen molar-refractivity contribution in [3.8, 4) is 0 Å². The van der Waals surface area contributed by atoms with E-state index >= 15 is 0 Å². The van der Waals surface area contributed by atoms with E-state index in [0.717, 1.165) is 17.9 Å². The first-order valence-electron chi connectivity index (χ1n) is 6.52. The van der Waals surface area contributed by atoms with Gasteiger partial charge in [0.05, 0.1) is 11.6 Å². The Balaban J connectivity index is 1.93. The molecule has 2 aromatic rings. The number of fused-ring (bicyclic) bond motifs is 1. The first kappa shape index (κ1) is 13.6. The van der Waals surface area contributed by atoms with Crippen LogP contribution < -0.4 is 10.0 Å². The maximum atomic E-state index is 11.6. The van der Waals surface area contributed by atoms with Gasteiger partial charge in [0.1, 0.15) is 12.5 Å². The standard InChI is InChI=1S/C15H14ClNO2S/c16-12-4-2-1-3-11(12)14(15(18)19)17-7-5-13-10(9-17)6-8-20-13/h1-4,6,8,14H,5,7,9H2,(H,18,19)/t14-/m1/s1. The molecule has 1 aromatic carbocycles. The van der Waals surface area contributed by atoms with Crippen LogP contribution in [0.15, 0.2) is 35.7 Å². The Morgan fingerprint density at radius 1 is 1.35 bits per heavy atom. The van der Waals surface area contributed by atoms with Gasteiger partial charge in [-0.05, 0) is 17.5 Å². The lowest BCUT2D eigenvalue weighted by atomic mass is 10.0. The number of rotatable bonds is 3. The molecule has 1 unspecified atom stereocenters. The number of carbonyl (C=O) groups excluding carboxylic acids is 1. The van der Waals surface area contributed by atoms with E-state index in [1.54, 1.807) is 29.5 Å². The third kappa shape index (κ3) is 2.46. The van der Waals surface area contributed by atoms with Gasteiger partial charge in [-0.25, -0.2) is 0 Å². The Kier molecular flexibility index (Phi) is 3.78. The SMILES string of the molecule is O=C([O-])[C@@H](c1ccccc1Cl)[NH+]1CCc2sccc2C1. The van der Waals surface area contributed by atoms with Gasteiger partial charge in [0.2, 0.25) is 0 Å². The number of hydrogen-bond acceptors (Lipinski definition) is 3. The summed E-state index contributed by atoms with van der Waals surface area (Å²) < 4.78 is 0. The Morgan fingerprint density at radius 2 is 2.15 bits per heavy atom.